The van der Waals surface area contributed by atoms with Gasteiger partial charge in [0.1, 0.15) is 0 Å². The van der Waals surface area contributed by atoms with Crippen molar-refractivity contribution in [3.05, 3.63) is 120 Å². The van der Waals surface area contributed by atoms with E-state index in [0.29, 0.717) is 10.6 Å². The van der Waals surface area contributed by atoms with E-state index >= 15 is 0 Å². The highest BCUT2D eigenvalue weighted by Crippen LogP contribution is 2.34. The number of rotatable bonds is 4. The van der Waals surface area contributed by atoms with Gasteiger partial charge in [-0.2, -0.15) is 0 Å². The fraction of sp³-hybridized carbons (Fsp3) is 0. The largest absolute Gasteiger partial charge is 0.322 e. The first-order valence-electron chi connectivity index (χ1n) is 10.3. The molecule has 0 fully saturated rings. The summed E-state index contributed by atoms with van der Waals surface area (Å²) in [6.07, 6.45) is 0. The van der Waals surface area contributed by atoms with E-state index in [9.17, 15) is 4.79 Å². The number of halogens is 1. The third kappa shape index (κ3) is 4.11. The van der Waals surface area contributed by atoms with Crippen molar-refractivity contribution >= 4 is 34.1 Å². The molecule has 0 spiro atoms. The van der Waals surface area contributed by atoms with Gasteiger partial charge in [-0.05, 0) is 59.7 Å². The van der Waals surface area contributed by atoms with E-state index in [0.717, 1.165) is 39.0 Å². The fourth-order valence-electron chi connectivity index (χ4n) is 3.75. The van der Waals surface area contributed by atoms with Crippen molar-refractivity contribution in [3.8, 4) is 22.4 Å². The van der Waals surface area contributed by atoms with Crippen LogP contribution in [0.5, 0.6) is 0 Å². The maximum atomic E-state index is 12.6. The number of nitrogens with zero attached hydrogens (tertiary/aromatic N) is 1. The number of pyridine rings is 1. The van der Waals surface area contributed by atoms with Gasteiger partial charge in [0, 0.05) is 27.2 Å². The summed E-state index contributed by atoms with van der Waals surface area (Å²) in [4.78, 5) is 17.4. The third-order valence-corrected chi connectivity index (χ3v) is 5.54. The minimum atomic E-state index is -0.145. The highest BCUT2D eigenvalue weighted by molar-refractivity contribution is 6.31. The Morgan fingerprint density at radius 1 is 0.719 bits per heavy atom. The Hall–Kier alpha value is -3.95. The molecule has 1 N–H and O–H groups in total. The number of anilines is 1. The molecule has 0 saturated carbocycles. The van der Waals surface area contributed by atoms with Gasteiger partial charge in [-0.1, -0.05) is 72.3 Å². The molecule has 0 bridgehead atoms. The van der Waals surface area contributed by atoms with E-state index in [1.54, 1.807) is 12.1 Å². The van der Waals surface area contributed by atoms with Crippen molar-refractivity contribution in [1.82, 2.24) is 4.98 Å². The summed E-state index contributed by atoms with van der Waals surface area (Å²) >= 11 is 6.29. The zero-order chi connectivity index (χ0) is 21.9. The molecule has 0 saturated heterocycles. The van der Waals surface area contributed by atoms with Crippen molar-refractivity contribution in [2.24, 2.45) is 0 Å². The molecular formula is C28H19ClN2O. The molecule has 0 aliphatic heterocycles. The molecule has 0 aliphatic rings. The Labute approximate surface area is 191 Å². The third-order valence-electron chi connectivity index (χ3n) is 5.31. The molecule has 1 heterocycles. The number of amides is 1. The van der Waals surface area contributed by atoms with Gasteiger partial charge in [-0.3, -0.25) is 4.79 Å². The summed E-state index contributed by atoms with van der Waals surface area (Å²) in [7, 11) is 0. The first kappa shape index (κ1) is 20.0. The lowest BCUT2D eigenvalue weighted by Crippen LogP contribution is -2.11. The summed E-state index contributed by atoms with van der Waals surface area (Å²) in [5.74, 6) is -0.145. The minimum absolute atomic E-state index is 0.145. The monoisotopic (exact) mass is 434 g/mol. The van der Waals surface area contributed by atoms with Crippen LogP contribution >= 0.6 is 11.6 Å². The molecule has 1 aromatic heterocycles. The van der Waals surface area contributed by atoms with Crippen molar-refractivity contribution in [1.29, 1.82) is 0 Å². The number of aromatic nitrogens is 1. The standard InChI is InChI=1S/C28H19ClN2O/c29-22-14-15-26-25(17-22)24(19-8-3-1-4-9-19)18-27(31-26)21-12-7-13-23(16-21)30-28(32)20-10-5-2-6-11-20/h1-18H,(H,30,32). The summed E-state index contributed by atoms with van der Waals surface area (Å²) in [6, 6.07) is 34.9. The van der Waals surface area contributed by atoms with Crippen LogP contribution in [0, 0.1) is 0 Å². The fourth-order valence-corrected chi connectivity index (χ4v) is 3.92. The molecule has 154 valence electrons. The average molecular weight is 435 g/mol. The number of carbonyl (C=O) groups excluding carboxylic acids is 1. The van der Waals surface area contributed by atoms with Gasteiger partial charge in [0.05, 0.1) is 11.2 Å². The molecular weight excluding hydrogens is 416 g/mol. The molecule has 0 aliphatic carbocycles. The van der Waals surface area contributed by atoms with Crippen molar-refractivity contribution in [2.75, 3.05) is 5.32 Å². The van der Waals surface area contributed by atoms with E-state index in [-0.39, 0.29) is 5.91 Å². The molecule has 0 radical (unpaired) electrons. The lowest BCUT2D eigenvalue weighted by Gasteiger charge is -2.12. The Morgan fingerprint density at radius 3 is 2.22 bits per heavy atom. The van der Waals surface area contributed by atoms with Gasteiger partial charge in [-0.15, -0.1) is 0 Å². The van der Waals surface area contributed by atoms with Crippen molar-refractivity contribution in [3.63, 3.8) is 0 Å². The summed E-state index contributed by atoms with van der Waals surface area (Å²) in [6.45, 7) is 0. The highest BCUT2D eigenvalue weighted by atomic mass is 35.5. The van der Waals surface area contributed by atoms with Crippen LogP contribution in [0.15, 0.2) is 109 Å². The minimum Gasteiger partial charge on any atom is -0.322 e. The van der Waals surface area contributed by atoms with Gasteiger partial charge < -0.3 is 5.32 Å². The van der Waals surface area contributed by atoms with E-state index in [1.807, 2.05) is 78.9 Å². The van der Waals surface area contributed by atoms with Gasteiger partial charge in [0.25, 0.3) is 5.91 Å². The topological polar surface area (TPSA) is 42.0 Å². The molecule has 5 aromatic rings. The maximum Gasteiger partial charge on any atom is 0.255 e. The predicted molar refractivity (Wildman–Crippen MR) is 132 cm³/mol. The zero-order valence-electron chi connectivity index (χ0n) is 17.1. The van der Waals surface area contributed by atoms with E-state index in [1.165, 1.54) is 0 Å². The Bertz CT molecular complexity index is 1420. The molecule has 0 atom stereocenters. The van der Waals surface area contributed by atoms with Crippen LogP contribution in [0.4, 0.5) is 5.69 Å². The normalized spacial score (nSPS) is 10.8. The molecule has 5 rings (SSSR count). The van der Waals surface area contributed by atoms with E-state index in [4.69, 9.17) is 16.6 Å². The van der Waals surface area contributed by atoms with Crippen LogP contribution in [-0.2, 0) is 0 Å². The summed E-state index contributed by atoms with van der Waals surface area (Å²) < 4.78 is 0. The molecule has 4 aromatic carbocycles. The molecule has 0 unspecified atom stereocenters. The van der Waals surface area contributed by atoms with Gasteiger partial charge in [-0.25, -0.2) is 4.98 Å². The van der Waals surface area contributed by atoms with Crippen LogP contribution in [0.1, 0.15) is 10.4 Å². The number of benzene rings is 4. The lowest BCUT2D eigenvalue weighted by molar-refractivity contribution is 0.102. The van der Waals surface area contributed by atoms with Crippen molar-refractivity contribution in [2.45, 2.75) is 0 Å². The number of hydrogen-bond acceptors (Lipinski definition) is 2. The Balaban J connectivity index is 1.57. The van der Waals surface area contributed by atoms with Gasteiger partial charge in [0.2, 0.25) is 0 Å². The second-order valence-electron chi connectivity index (χ2n) is 7.48. The Kier molecular flexibility index (Phi) is 5.40. The smallest absolute Gasteiger partial charge is 0.255 e. The molecule has 3 nitrogen and oxygen atoms in total. The van der Waals surface area contributed by atoms with Crippen LogP contribution in [0.2, 0.25) is 5.02 Å². The second kappa shape index (κ2) is 8.66. The van der Waals surface area contributed by atoms with E-state index < -0.39 is 0 Å². The summed E-state index contributed by atoms with van der Waals surface area (Å²) in [5, 5.41) is 4.65. The quantitative estimate of drug-likeness (QED) is 0.318. The van der Waals surface area contributed by atoms with Crippen LogP contribution in [0.25, 0.3) is 33.3 Å². The number of nitrogens with one attached hydrogen (secondary N) is 1. The maximum absolute atomic E-state index is 12.6. The Morgan fingerprint density at radius 2 is 1.44 bits per heavy atom. The first-order valence-corrected chi connectivity index (χ1v) is 10.7. The van der Waals surface area contributed by atoms with Gasteiger partial charge in [0.15, 0.2) is 0 Å². The molecule has 4 heteroatoms. The highest BCUT2D eigenvalue weighted by Gasteiger charge is 2.12. The molecule has 32 heavy (non-hydrogen) atoms. The van der Waals surface area contributed by atoms with Crippen LogP contribution in [-0.4, -0.2) is 10.9 Å². The van der Waals surface area contributed by atoms with Crippen molar-refractivity contribution < 1.29 is 4.79 Å². The van der Waals surface area contributed by atoms with Gasteiger partial charge >= 0.3 is 0 Å². The van der Waals surface area contributed by atoms with Crippen LogP contribution < -0.4 is 5.32 Å². The number of fused-ring (bicyclic) bond motifs is 1. The number of hydrogen-bond donors (Lipinski definition) is 1. The first-order chi connectivity index (χ1) is 15.7. The molecule has 1 amide bonds. The second-order valence-corrected chi connectivity index (χ2v) is 7.92. The summed E-state index contributed by atoms with van der Waals surface area (Å²) in [5.41, 5.74) is 6.10. The SMILES string of the molecule is O=C(Nc1cccc(-c2cc(-c3ccccc3)c3cc(Cl)ccc3n2)c1)c1ccccc1. The lowest BCUT2D eigenvalue weighted by atomic mass is 9.98. The average Bonchev–Trinajstić information content (AvgIpc) is 2.84. The number of carbonyl (C=O) groups is 1. The predicted octanol–water partition coefficient (Wildman–Crippen LogP) is 7.47. The van der Waals surface area contributed by atoms with Crippen LogP contribution in [0.3, 0.4) is 0 Å². The zero-order valence-corrected chi connectivity index (χ0v) is 17.9. The van der Waals surface area contributed by atoms with E-state index in [2.05, 4.69) is 23.5 Å².